The summed E-state index contributed by atoms with van der Waals surface area (Å²) in [6.07, 6.45) is -0.695. The van der Waals surface area contributed by atoms with Crippen molar-refractivity contribution in [2.75, 3.05) is 0 Å². The Morgan fingerprint density at radius 2 is 1.83 bits per heavy atom. The van der Waals surface area contributed by atoms with Gasteiger partial charge in [-0.15, -0.1) is 0 Å². The van der Waals surface area contributed by atoms with Gasteiger partial charge < -0.3 is 5.73 Å². The fourth-order valence-corrected chi connectivity index (χ4v) is 2.12. The van der Waals surface area contributed by atoms with Gasteiger partial charge in [0.2, 0.25) is 0 Å². The first-order valence-electron chi connectivity index (χ1n) is 7.31. The Morgan fingerprint density at radius 3 is 2.43 bits per heavy atom. The number of amidine groups is 1. The van der Waals surface area contributed by atoms with Crippen molar-refractivity contribution in [2.45, 2.75) is 32.5 Å². The maximum absolute atomic E-state index is 12.5. The van der Waals surface area contributed by atoms with Crippen molar-refractivity contribution in [3.05, 3.63) is 65.0 Å². The van der Waals surface area contributed by atoms with Crippen molar-refractivity contribution < 1.29 is 13.2 Å². The van der Waals surface area contributed by atoms with Crippen molar-refractivity contribution in [2.24, 2.45) is 10.7 Å². The third-order valence-corrected chi connectivity index (χ3v) is 3.34. The Labute approximate surface area is 133 Å². The first kappa shape index (κ1) is 17.0. The maximum Gasteiger partial charge on any atom is 0.416 e. The molecule has 122 valence electrons. The summed E-state index contributed by atoms with van der Waals surface area (Å²) in [6.45, 7) is 2.30. The Morgan fingerprint density at radius 1 is 1.13 bits per heavy atom. The maximum atomic E-state index is 12.5. The lowest BCUT2D eigenvalue weighted by Gasteiger charge is -2.07. The van der Waals surface area contributed by atoms with E-state index in [1.54, 1.807) is 6.20 Å². The van der Waals surface area contributed by atoms with Crippen LogP contribution in [0.15, 0.2) is 47.6 Å². The van der Waals surface area contributed by atoms with Gasteiger partial charge in [-0.1, -0.05) is 25.5 Å². The van der Waals surface area contributed by atoms with Gasteiger partial charge in [-0.3, -0.25) is 9.98 Å². The third kappa shape index (κ3) is 4.81. The molecular formula is C17H18F3N3. The Bertz CT molecular complexity index is 676. The van der Waals surface area contributed by atoms with E-state index in [1.165, 1.54) is 12.1 Å². The van der Waals surface area contributed by atoms with Crippen LogP contribution < -0.4 is 5.73 Å². The van der Waals surface area contributed by atoms with Crippen molar-refractivity contribution in [3.63, 3.8) is 0 Å². The van der Waals surface area contributed by atoms with E-state index < -0.39 is 11.7 Å². The zero-order chi connectivity index (χ0) is 16.9. The normalized spacial score (nSPS) is 12.4. The molecule has 1 heterocycles. The summed E-state index contributed by atoms with van der Waals surface area (Å²) in [5.41, 5.74) is 7.61. The lowest BCUT2D eigenvalue weighted by Crippen LogP contribution is -2.15. The fourth-order valence-electron chi connectivity index (χ4n) is 2.12. The Balaban J connectivity index is 2.08. The molecule has 0 saturated carbocycles. The highest BCUT2D eigenvalue weighted by Crippen LogP contribution is 2.29. The van der Waals surface area contributed by atoms with E-state index in [-0.39, 0.29) is 12.4 Å². The first-order chi connectivity index (χ1) is 10.9. The summed E-state index contributed by atoms with van der Waals surface area (Å²) >= 11 is 0. The van der Waals surface area contributed by atoms with Gasteiger partial charge >= 0.3 is 6.18 Å². The molecule has 0 radical (unpaired) electrons. The van der Waals surface area contributed by atoms with Crippen molar-refractivity contribution in [3.8, 4) is 0 Å². The molecule has 0 amide bonds. The van der Waals surface area contributed by atoms with Crippen molar-refractivity contribution in [1.82, 2.24) is 4.98 Å². The number of aryl methyl sites for hydroxylation is 1. The van der Waals surface area contributed by atoms with Crippen LogP contribution in [0.4, 0.5) is 13.2 Å². The average Bonchev–Trinajstić information content (AvgIpc) is 2.53. The summed E-state index contributed by atoms with van der Waals surface area (Å²) in [5, 5.41) is 0. The number of rotatable bonds is 5. The molecule has 0 unspecified atom stereocenters. The predicted octanol–water partition coefficient (Wildman–Crippen LogP) is 3.96. The summed E-state index contributed by atoms with van der Waals surface area (Å²) in [4.78, 5) is 8.38. The van der Waals surface area contributed by atoms with Crippen molar-refractivity contribution in [1.29, 1.82) is 0 Å². The van der Waals surface area contributed by atoms with Crippen LogP contribution in [-0.2, 0) is 19.1 Å². The quantitative estimate of drug-likeness (QED) is 0.669. The monoisotopic (exact) mass is 321 g/mol. The van der Waals surface area contributed by atoms with Gasteiger partial charge in [0.25, 0.3) is 0 Å². The molecule has 1 aromatic carbocycles. The summed E-state index contributed by atoms with van der Waals surface area (Å²) in [7, 11) is 0. The van der Waals surface area contributed by atoms with E-state index >= 15 is 0 Å². The number of aromatic nitrogens is 1. The van der Waals surface area contributed by atoms with Gasteiger partial charge in [-0.2, -0.15) is 13.2 Å². The second-order valence-electron chi connectivity index (χ2n) is 5.20. The molecule has 0 aliphatic carbocycles. The summed E-state index contributed by atoms with van der Waals surface area (Å²) < 4.78 is 37.5. The molecule has 0 aliphatic rings. The van der Waals surface area contributed by atoms with Gasteiger partial charge in [-0.25, -0.2) is 0 Å². The van der Waals surface area contributed by atoms with Gasteiger partial charge in [0.15, 0.2) is 0 Å². The molecule has 0 aliphatic heterocycles. The predicted molar refractivity (Wildman–Crippen MR) is 84.1 cm³/mol. The van der Waals surface area contributed by atoms with E-state index in [9.17, 15) is 13.2 Å². The first-order valence-corrected chi connectivity index (χ1v) is 7.31. The van der Waals surface area contributed by atoms with Crippen LogP contribution in [0.2, 0.25) is 0 Å². The Kier molecular flexibility index (Phi) is 5.36. The fraction of sp³-hybridized carbons (Fsp3) is 0.294. The molecule has 0 saturated heterocycles. The zero-order valence-electron chi connectivity index (χ0n) is 12.8. The van der Waals surface area contributed by atoms with Crippen LogP contribution in [0.1, 0.15) is 35.7 Å². The molecule has 2 N–H and O–H groups in total. The number of benzene rings is 1. The number of nitrogens with two attached hydrogens (primary N) is 1. The lowest BCUT2D eigenvalue weighted by atomic mass is 10.1. The molecule has 6 heteroatoms. The molecule has 0 fully saturated rings. The molecule has 0 atom stereocenters. The van der Waals surface area contributed by atoms with Crippen molar-refractivity contribution >= 4 is 5.84 Å². The minimum absolute atomic E-state index is 0.212. The van der Waals surface area contributed by atoms with Crippen LogP contribution >= 0.6 is 0 Å². The van der Waals surface area contributed by atoms with E-state index in [0.717, 1.165) is 30.5 Å². The van der Waals surface area contributed by atoms with E-state index in [2.05, 4.69) is 16.9 Å². The second-order valence-corrected chi connectivity index (χ2v) is 5.20. The smallest absolute Gasteiger partial charge is 0.382 e. The lowest BCUT2D eigenvalue weighted by molar-refractivity contribution is -0.137. The SMILES string of the molecule is CCCc1ccnc(C(N)=NCc2ccc(C(F)(F)F)cc2)c1. The topological polar surface area (TPSA) is 51.3 Å². The molecule has 2 rings (SSSR count). The number of hydrogen-bond acceptors (Lipinski definition) is 2. The van der Waals surface area contributed by atoms with E-state index in [0.29, 0.717) is 11.3 Å². The highest BCUT2D eigenvalue weighted by atomic mass is 19.4. The van der Waals surface area contributed by atoms with Gasteiger partial charge in [-0.05, 0) is 41.8 Å². The number of alkyl halides is 3. The Hall–Kier alpha value is -2.37. The molecular weight excluding hydrogens is 303 g/mol. The minimum atomic E-state index is -4.33. The van der Waals surface area contributed by atoms with Crippen LogP contribution in [0.5, 0.6) is 0 Å². The zero-order valence-corrected chi connectivity index (χ0v) is 12.8. The van der Waals surface area contributed by atoms with Crippen LogP contribution in [-0.4, -0.2) is 10.8 Å². The van der Waals surface area contributed by atoms with Gasteiger partial charge in [0, 0.05) is 6.20 Å². The van der Waals surface area contributed by atoms with Gasteiger partial charge in [0.1, 0.15) is 11.5 Å². The van der Waals surface area contributed by atoms with E-state index in [4.69, 9.17) is 5.73 Å². The third-order valence-electron chi connectivity index (χ3n) is 3.34. The van der Waals surface area contributed by atoms with Crippen LogP contribution in [0.25, 0.3) is 0 Å². The van der Waals surface area contributed by atoms with Crippen LogP contribution in [0.3, 0.4) is 0 Å². The standard InChI is InChI=1S/C17H18F3N3/c1-2-3-12-8-9-22-15(10-12)16(21)23-11-13-4-6-14(7-5-13)17(18,19)20/h4-10H,2-3,11H2,1H3,(H2,21,23). The highest BCUT2D eigenvalue weighted by molar-refractivity contribution is 5.95. The summed E-state index contributed by atoms with van der Waals surface area (Å²) in [5.74, 6) is 0.280. The van der Waals surface area contributed by atoms with Gasteiger partial charge in [0.05, 0.1) is 12.1 Å². The average molecular weight is 321 g/mol. The number of aliphatic imine (C=N–C) groups is 1. The van der Waals surface area contributed by atoms with E-state index in [1.807, 2.05) is 12.1 Å². The molecule has 0 spiro atoms. The molecule has 23 heavy (non-hydrogen) atoms. The molecule has 0 bridgehead atoms. The molecule has 1 aromatic heterocycles. The minimum Gasteiger partial charge on any atom is -0.382 e. The van der Waals surface area contributed by atoms with Crippen LogP contribution in [0, 0.1) is 0 Å². The number of pyridine rings is 1. The molecule has 2 aromatic rings. The largest absolute Gasteiger partial charge is 0.416 e. The highest BCUT2D eigenvalue weighted by Gasteiger charge is 2.29. The number of nitrogens with zero attached hydrogens (tertiary/aromatic N) is 2. The molecule has 3 nitrogen and oxygen atoms in total. The number of halogens is 3. The number of hydrogen-bond donors (Lipinski definition) is 1. The second kappa shape index (κ2) is 7.26. The summed E-state index contributed by atoms with van der Waals surface area (Å²) in [6, 6.07) is 8.70.